The Morgan fingerprint density at radius 3 is 2.50 bits per heavy atom. The summed E-state index contributed by atoms with van der Waals surface area (Å²) in [4.78, 5) is 11.9. The van der Waals surface area contributed by atoms with E-state index in [1.54, 1.807) is 33.3 Å². The zero-order valence-corrected chi connectivity index (χ0v) is 17.4. The number of esters is 1. The molecule has 0 aliphatic carbocycles. The zero-order chi connectivity index (χ0) is 20.5. The standard InChI is InChI=1S/C21H26N2O4S/c1-5-27-20(24)16-8-6-14(2)17(13-16)23-21(28)22-11-10-15-7-9-18(25-3)19(12-15)26-4/h6-9,12-13H,5,10-11H2,1-4H3,(H2,22,23,28). The number of hydrogen-bond donors (Lipinski definition) is 2. The van der Waals surface area contributed by atoms with Crippen LogP contribution in [0.3, 0.4) is 0 Å². The average molecular weight is 403 g/mol. The van der Waals surface area contributed by atoms with Crippen LogP contribution in [0, 0.1) is 6.92 Å². The van der Waals surface area contributed by atoms with Gasteiger partial charge in [-0.1, -0.05) is 12.1 Å². The number of nitrogens with one attached hydrogen (secondary N) is 2. The maximum atomic E-state index is 11.9. The van der Waals surface area contributed by atoms with Gasteiger partial charge in [-0.25, -0.2) is 4.79 Å². The van der Waals surface area contributed by atoms with Gasteiger partial charge in [0.1, 0.15) is 0 Å². The number of benzene rings is 2. The number of hydrogen-bond acceptors (Lipinski definition) is 5. The van der Waals surface area contributed by atoms with Crippen LogP contribution in [-0.2, 0) is 11.2 Å². The fraction of sp³-hybridized carbons (Fsp3) is 0.333. The smallest absolute Gasteiger partial charge is 0.338 e. The molecule has 0 radical (unpaired) electrons. The molecule has 28 heavy (non-hydrogen) atoms. The molecular weight excluding hydrogens is 376 g/mol. The third-order valence-electron chi connectivity index (χ3n) is 4.14. The highest BCUT2D eigenvalue weighted by molar-refractivity contribution is 7.80. The summed E-state index contributed by atoms with van der Waals surface area (Å²) in [7, 11) is 3.23. The minimum atomic E-state index is -0.349. The number of carbonyl (C=O) groups is 1. The Labute approximate surface area is 171 Å². The Morgan fingerprint density at radius 1 is 1.07 bits per heavy atom. The van der Waals surface area contributed by atoms with Crippen molar-refractivity contribution in [1.82, 2.24) is 5.32 Å². The molecule has 0 aliphatic rings. The van der Waals surface area contributed by atoms with Crippen molar-refractivity contribution in [2.24, 2.45) is 0 Å². The summed E-state index contributed by atoms with van der Waals surface area (Å²) < 4.78 is 15.6. The lowest BCUT2D eigenvalue weighted by atomic mass is 10.1. The molecule has 2 aromatic carbocycles. The SMILES string of the molecule is CCOC(=O)c1ccc(C)c(NC(=S)NCCc2ccc(OC)c(OC)c2)c1. The maximum Gasteiger partial charge on any atom is 0.338 e. The Morgan fingerprint density at radius 2 is 1.82 bits per heavy atom. The van der Waals surface area contributed by atoms with Gasteiger partial charge in [0.05, 0.1) is 26.4 Å². The molecule has 0 heterocycles. The van der Waals surface area contributed by atoms with Crippen molar-refractivity contribution in [3.8, 4) is 11.5 Å². The van der Waals surface area contributed by atoms with E-state index < -0.39 is 0 Å². The van der Waals surface area contributed by atoms with Crippen molar-refractivity contribution in [1.29, 1.82) is 0 Å². The summed E-state index contributed by atoms with van der Waals surface area (Å²) >= 11 is 5.38. The summed E-state index contributed by atoms with van der Waals surface area (Å²) in [6.45, 7) is 4.72. The van der Waals surface area contributed by atoms with E-state index in [2.05, 4.69) is 10.6 Å². The van der Waals surface area contributed by atoms with Gasteiger partial charge in [0.25, 0.3) is 0 Å². The molecule has 6 nitrogen and oxygen atoms in total. The van der Waals surface area contributed by atoms with E-state index in [-0.39, 0.29) is 5.97 Å². The van der Waals surface area contributed by atoms with Gasteiger partial charge in [0.15, 0.2) is 16.6 Å². The molecule has 150 valence electrons. The third-order valence-corrected chi connectivity index (χ3v) is 4.39. The van der Waals surface area contributed by atoms with Gasteiger partial charge in [0, 0.05) is 12.2 Å². The van der Waals surface area contributed by atoms with Crippen LogP contribution in [0.15, 0.2) is 36.4 Å². The van der Waals surface area contributed by atoms with Crippen LogP contribution in [0.4, 0.5) is 5.69 Å². The first kappa shape index (κ1) is 21.5. The average Bonchev–Trinajstić information content (AvgIpc) is 2.69. The maximum absolute atomic E-state index is 11.9. The minimum Gasteiger partial charge on any atom is -0.493 e. The highest BCUT2D eigenvalue weighted by Crippen LogP contribution is 2.27. The second kappa shape index (κ2) is 10.5. The van der Waals surface area contributed by atoms with Crippen LogP contribution in [0.5, 0.6) is 11.5 Å². The molecule has 0 unspecified atom stereocenters. The van der Waals surface area contributed by atoms with Gasteiger partial charge in [-0.2, -0.15) is 0 Å². The summed E-state index contributed by atoms with van der Waals surface area (Å²) in [5, 5.41) is 6.81. The highest BCUT2D eigenvalue weighted by Gasteiger charge is 2.10. The Bertz CT molecular complexity index is 839. The molecule has 2 rings (SSSR count). The number of rotatable bonds is 8. The van der Waals surface area contributed by atoms with Crippen LogP contribution in [-0.4, -0.2) is 38.5 Å². The van der Waals surface area contributed by atoms with Gasteiger partial charge in [0.2, 0.25) is 0 Å². The van der Waals surface area contributed by atoms with Crippen LogP contribution in [0.25, 0.3) is 0 Å². The van der Waals surface area contributed by atoms with Gasteiger partial charge >= 0.3 is 5.97 Å². The number of ether oxygens (including phenoxy) is 3. The first-order valence-electron chi connectivity index (χ1n) is 9.02. The van der Waals surface area contributed by atoms with E-state index in [0.717, 1.165) is 23.2 Å². The van der Waals surface area contributed by atoms with E-state index in [4.69, 9.17) is 26.4 Å². The molecule has 0 atom stereocenters. The lowest BCUT2D eigenvalue weighted by Gasteiger charge is -2.14. The number of anilines is 1. The monoisotopic (exact) mass is 402 g/mol. The largest absolute Gasteiger partial charge is 0.493 e. The van der Waals surface area contributed by atoms with Crippen molar-refractivity contribution >= 4 is 29.0 Å². The fourth-order valence-electron chi connectivity index (χ4n) is 2.62. The molecule has 0 amide bonds. The predicted octanol–water partition coefficient (Wildman–Crippen LogP) is 3.72. The molecule has 0 spiro atoms. The van der Waals surface area contributed by atoms with Crippen molar-refractivity contribution in [3.05, 3.63) is 53.1 Å². The van der Waals surface area contributed by atoms with Gasteiger partial charge in [-0.15, -0.1) is 0 Å². The molecular formula is C21H26N2O4S. The van der Waals surface area contributed by atoms with Gasteiger partial charge in [-0.05, 0) is 67.9 Å². The quantitative estimate of drug-likeness (QED) is 0.515. The summed E-state index contributed by atoms with van der Waals surface area (Å²) in [6, 6.07) is 11.2. The molecule has 2 N–H and O–H groups in total. The van der Waals surface area contributed by atoms with E-state index in [1.807, 2.05) is 31.2 Å². The normalized spacial score (nSPS) is 10.1. The lowest BCUT2D eigenvalue weighted by Crippen LogP contribution is -2.30. The van der Waals surface area contributed by atoms with Crippen molar-refractivity contribution in [2.45, 2.75) is 20.3 Å². The van der Waals surface area contributed by atoms with Gasteiger partial charge < -0.3 is 24.8 Å². The highest BCUT2D eigenvalue weighted by atomic mass is 32.1. The molecule has 0 aromatic heterocycles. The van der Waals surface area contributed by atoms with Crippen LogP contribution < -0.4 is 20.1 Å². The molecule has 0 fully saturated rings. The van der Waals surface area contributed by atoms with Gasteiger partial charge in [-0.3, -0.25) is 0 Å². The minimum absolute atomic E-state index is 0.339. The van der Waals surface area contributed by atoms with Crippen molar-refractivity contribution < 1.29 is 19.0 Å². The molecule has 0 saturated carbocycles. The lowest BCUT2D eigenvalue weighted by molar-refractivity contribution is 0.0526. The number of thiocarbonyl (C=S) groups is 1. The van der Waals surface area contributed by atoms with Crippen LogP contribution in [0.2, 0.25) is 0 Å². The number of aryl methyl sites for hydroxylation is 1. The van der Waals surface area contributed by atoms with Crippen molar-refractivity contribution in [3.63, 3.8) is 0 Å². The molecule has 0 saturated heterocycles. The zero-order valence-electron chi connectivity index (χ0n) is 16.6. The predicted molar refractivity (Wildman–Crippen MR) is 115 cm³/mol. The number of carbonyl (C=O) groups excluding carboxylic acids is 1. The Kier molecular flexibility index (Phi) is 8.07. The fourth-order valence-corrected chi connectivity index (χ4v) is 2.83. The first-order valence-corrected chi connectivity index (χ1v) is 9.42. The Hall–Kier alpha value is -2.80. The Balaban J connectivity index is 1.92. The topological polar surface area (TPSA) is 68.8 Å². The molecule has 0 aliphatic heterocycles. The van der Waals surface area contributed by atoms with E-state index in [9.17, 15) is 4.79 Å². The number of methoxy groups -OCH3 is 2. The molecule has 2 aromatic rings. The van der Waals surface area contributed by atoms with E-state index in [0.29, 0.717) is 35.3 Å². The van der Waals surface area contributed by atoms with E-state index >= 15 is 0 Å². The molecule has 7 heteroatoms. The second-order valence-electron chi connectivity index (χ2n) is 6.07. The van der Waals surface area contributed by atoms with Crippen LogP contribution >= 0.6 is 12.2 Å². The summed E-state index contributed by atoms with van der Waals surface area (Å²) in [5.74, 6) is 1.05. The van der Waals surface area contributed by atoms with Crippen molar-refractivity contribution in [2.75, 3.05) is 32.7 Å². The summed E-state index contributed by atoms with van der Waals surface area (Å²) in [5.41, 5.74) is 3.35. The first-order chi connectivity index (χ1) is 13.5. The summed E-state index contributed by atoms with van der Waals surface area (Å²) in [6.07, 6.45) is 0.768. The second-order valence-corrected chi connectivity index (χ2v) is 6.48. The third kappa shape index (κ3) is 5.85. The van der Waals surface area contributed by atoms with Crippen LogP contribution in [0.1, 0.15) is 28.4 Å². The molecule has 0 bridgehead atoms. The van der Waals surface area contributed by atoms with E-state index in [1.165, 1.54) is 0 Å².